The van der Waals surface area contributed by atoms with E-state index in [1.54, 1.807) is 0 Å². The molecule has 1 heterocycles. The van der Waals surface area contributed by atoms with Gasteiger partial charge in [-0.2, -0.15) is 4.98 Å². The smallest absolute Gasteiger partial charge is 0.229 e. The van der Waals surface area contributed by atoms with Crippen molar-refractivity contribution in [3.05, 3.63) is 11.7 Å². The van der Waals surface area contributed by atoms with Gasteiger partial charge in [-0.1, -0.05) is 5.16 Å². The zero-order chi connectivity index (χ0) is 9.68. The van der Waals surface area contributed by atoms with Crippen LogP contribution in [0.4, 0.5) is 0 Å². The van der Waals surface area contributed by atoms with E-state index in [9.17, 15) is 0 Å². The van der Waals surface area contributed by atoms with E-state index in [0.717, 1.165) is 0 Å². The fourth-order valence-electron chi connectivity index (χ4n) is 0.858. The van der Waals surface area contributed by atoms with E-state index < -0.39 is 0 Å². The molecule has 0 aliphatic heterocycles. The van der Waals surface area contributed by atoms with E-state index in [-0.39, 0.29) is 6.04 Å². The Morgan fingerprint density at radius 1 is 1.62 bits per heavy atom. The first kappa shape index (κ1) is 10.1. The summed E-state index contributed by atoms with van der Waals surface area (Å²) in [6.07, 6.45) is 0.646. The largest absolute Gasteiger partial charge is 0.381 e. The third-order valence-corrected chi connectivity index (χ3v) is 1.56. The molecule has 5 nitrogen and oxygen atoms in total. The van der Waals surface area contributed by atoms with Gasteiger partial charge in [0.1, 0.15) is 0 Å². The monoisotopic (exact) mass is 185 g/mol. The maximum absolute atomic E-state index is 5.57. The summed E-state index contributed by atoms with van der Waals surface area (Å²) in [5.74, 6) is 1.13. The molecule has 5 heteroatoms. The van der Waals surface area contributed by atoms with Gasteiger partial charge in [0.2, 0.25) is 5.89 Å². The number of nitrogens with zero attached hydrogens (tertiary/aromatic N) is 2. The van der Waals surface area contributed by atoms with Crippen molar-refractivity contribution in [2.45, 2.75) is 26.3 Å². The Hall–Kier alpha value is -0.940. The highest BCUT2D eigenvalue weighted by Crippen LogP contribution is 2.05. The van der Waals surface area contributed by atoms with Crippen LogP contribution in [0.25, 0.3) is 0 Å². The van der Waals surface area contributed by atoms with Crippen molar-refractivity contribution in [2.75, 3.05) is 13.2 Å². The average Bonchev–Trinajstić information content (AvgIpc) is 2.53. The van der Waals surface area contributed by atoms with Gasteiger partial charge in [0.25, 0.3) is 0 Å². The third-order valence-electron chi connectivity index (χ3n) is 1.56. The van der Waals surface area contributed by atoms with Crippen molar-refractivity contribution in [2.24, 2.45) is 5.73 Å². The molecule has 0 saturated carbocycles. The zero-order valence-electron chi connectivity index (χ0n) is 7.99. The van der Waals surface area contributed by atoms with Gasteiger partial charge in [0, 0.05) is 6.61 Å². The molecule has 1 rings (SSSR count). The van der Waals surface area contributed by atoms with Crippen LogP contribution in [0.3, 0.4) is 0 Å². The van der Waals surface area contributed by atoms with Gasteiger partial charge in [-0.15, -0.1) is 0 Å². The summed E-state index contributed by atoms with van der Waals surface area (Å²) in [5.41, 5.74) is 5.57. The summed E-state index contributed by atoms with van der Waals surface area (Å²) in [7, 11) is 0. The van der Waals surface area contributed by atoms with Crippen molar-refractivity contribution in [1.82, 2.24) is 10.1 Å². The molecule has 0 bridgehead atoms. The molecule has 0 fully saturated rings. The second-order valence-electron chi connectivity index (χ2n) is 2.78. The van der Waals surface area contributed by atoms with Crippen LogP contribution in [-0.4, -0.2) is 23.4 Å². The molecule has 0 aromatic carbocycles. The Kier molecular flexibility index (Phi) is 3.85. The molecular formula is C8H15N3O2. The lowest BCUT2D eigenvalue weighted by Gasteiger charge is -1.95. The molecule has 0 aliphatic rings. The van der Waals surface area contributed by atoms with Gasteiger partial charge in [0.15, 0.2) is 5.82 Å². The maximum atomic E-state index is 5.57. The molecule has 1 aromatic heterocycles. The van der Waals surface area contributed by atoms with Crippen LogP contribution in [0, 0.1) is 0 Å². The van der Waals surface area contributed by atoms with Gasteiger partial charge in [-0.3, -0.25) is 0 Å². The van der Waals surface area contributed by atoms with E-state index in [4.69, 9.17) is 15.0 Å². The second-order valence-corrected chi connectivity index (χ2v) is 2.78. The quantitative estimate of drug-likeness (QED) is 0.682. The number of rotatable bonds is 5. The van der Waals surface area contributed by atoms with Crippen LogP contribution in [0.2, 0.25) is 0 Å². The summed E-state index contributed by atoms with van der Waals surface area (Å²) >= 11 is 0. The highest BCUT2D eigenvalue weighted by molar-refractivity contribution is 4.90. The van der Waals surface area contributed by atoms with E-state index in [2.05, 4.69) is 10.1 Å². The molecule has 1 aromatic rings. The number of hydrogen-bond donors (Lipinski definition) is 1. The molecule has 0 saturated heterocycles. The number of ether oxygens (including phenoxy) is 1. The fourth-order valence-corrected chi connectivity index (χ4v) is 0.858. The van der Waals surface area contributed by atoms with Crippen molar-refractivity contribution in [3.8, 4) is 0 Å². The normalized spacial score (nSPS) is 13.2. The lowest BCUT2D eigenvalue weighted by Crippen LogP contribution is -2.07. The highest BCUT2D eigenvalue weighted by atomic mass is 16.5. The molecule has 13 heavy (non-hydrogen) atoms. The Labute approximate surface area is 77.3 Å². The van der Waals surface area contributed by atoms with Crippen LogP contribution in [-0.2, 0) is 11.2 Å². The summed E-state index contributed by atoms with van der Waals surface area (Å²) in [6.45, 7) is 5.07. The molecular weight excluding hydrogens is 170 g/mol. The Bertz CT molecular complexity index is 247. The first-order valence-corrected chi connectivity index (χ1v) is 4.39. The van der Waals surface area contributed by atoms with Gasteiger partial charge in [-0.25, -0.2) is 0 Å². The van der Waals surface area contributed by atoms with Crippen LogP contribution in [0.5, 0.6) is 0 Å². The van der Waals surface area contributed by atoms with Crippen LogP contribution in [0.15, 0.2) is 4.52 Å². The predicted molar refractivity (Wildman–Crippen MR) is 47.1 cm³/mol. The topological polar surface area (TPSA) is 74.2 Å². The molecule has 0 radical (unpaired) electrons. The lowest BCUT2D eigenvalue weighted by molar-refractivity contribution is 0.144. The van der Waals surface area contributed by atoms with Gasteiger partial charge >= 0.3 is 0 Å². The molecule has 1 atom stereocenters. The van der Waals surface area contributed by atoms with Crippen molar-refractivity contribution >= 4 is 0 Å². The highest BCUT2D eigenvalue weighted by Gasteiger charge is 2.08. The zero-order valence-corrected chi connectivity index (χ0v) is 7.99. The Balaban J connectivity index is 2.40. The van der Waals surface area contributed by atoms with E-state index in [0.29, 0.717) is 31.3 Å². The van der Waals surface area contributed by atoms with E-state index in [1.807, 2.05) is 13.8 Å². The van der Waals surface area contributed by atoms with Crippen LogP contribution in [0.1, 0.15) is 31.6 Å². The second kappa shape index (κ2) is 4.94. The fraction of sp³-hybridized carbons (Fsp3) is 0.750. The molecule has 0 amide bonds. The molecule has 0 aliphatic carbocycles. The Morgan fingerprint density at radius 2 is 2.38 bits per heavy atom. The first-order valence-electron chi connectivity index (χ1n) is 4.39. The summed E-state index contributed by atoms with van der Waals surface area (Å²) in [4.78, 5) is 4.10. The Morgan fingerprint density at radius 3 is 2.92 bits per heavy atom. The summed E-state index contributed by atoms with van der Waals surface area (Å²) in [6, 6.07) is -0.176. The number of hydrogen-bond acceptors (Lipinski definition) is 5. The van der Waals surface area contributed by atoms with Crippen LogP contribution < -0.4 is 5.73 Å². The summed E-state index contributed by atoms with van der Waals surface area (Å²) in [5, 5.41) is 3.73. The van der Waals surface area contributed by atoms with Gasteiger partial charge in [0.05, 0.1) is 19.1 Å². The SMILES string of the molecule is CCOCCc1nc(C(C)N)no1. The van der Waals surface area contributed by atoms with Crippen molar-refractivity contribution in [1.29, 1.82) is 0 Å². The third kappa shape index (κ3) is 3.12. The minimum atomic E-state index is -0.176. The molecule has 0 spiro atoms. The standard InChI is InChI=1S/C8H15N3O2/c1-3-12-5-4-7-10-8(6(2)9)11-13-7/h6H,3-5,9H2,1-2H3. The predicted octanol–water partition coefficient (Wildman–Crippen LogP) is 0.668. The number of aromatic nitrogens is 2. The van der Waals surface area contributed by atoms with Crippen LogP contribution >= 0.6 is 0 Å². The first-order chi connectivity index (χ1) is 6.24. The van der Waals surface area contributed by atoms with Gasteiger partial charge < -0.3 is 15.0 Å². The van der Waals surface area contributed by atoms with E-state index >= 15 is 0 Å². The minimum absolute atomic E-state index is 0.176. The van der Waals surface area contributed by atoms with Gasteiger partial charge in [-0.05, 0) is 13.8 Å². The van der Waals surface area contributed by atoms with Crippen molar-refractivity contribution in [3.63, 3.8) is 0 Å². The van der Waals surface area contributed by atoms with E-state index in [1.165, 1.54) is 0 Å². The summed E-state index contributed by atoms with van der Waals surface area (Å²) < 4.78 is 10.1. The lowest BCUT2D eigenvalue weighted by atomic mass is 10.3. The average molecular weight is 185 g/mol. The number of nitrogens with two attached hydrogens (primary N) is 1. The maximum Gasteiger partial charge on any atom is 0.229 e. The van der Waals surface area contributed by atoms with Crippen molar-refractivity contribution < 1.29 is 9.26 Å². The molecule has 1 unspecified atom stereocenters. The minimum Gasteiger partial charge on any atom is -0.381 e. The molecule has 74 valence electrons. The molecule has 2 N–H and O–H groups in total.